The van der Waals surface area contributed by atoms with Gasteiger partial charge in [-0.3, -0.25) is 4.79 Å². The van der Waals surface area contributed by atoms with Crippen LogP contribution in [0.25, 0.3) is 11.0 Å². The Bertz CT molecular complexity index is 1820. The largest absolute Gasteiger partial charge is 0.481 e. The molecule has 0 saturated heterocycles. The summed E-state index contributed by atoms with van der Waals surface area (Å²) in [5.74, 6) is -1.18. The number of aromatic nitrogens is 4. The van der Waals surface area contributed by atoms with Crippen LogP contribution in [0, 0.1) is 13.8 Å². The molecule has 1 aliphatic carbocycles. The summed E-state index contributed by atoms with van der Waals surface area (Å²) in [6.45, 7) is 6.12. The highest BCUT2D eigenvalue weighted by Gasteiger charge is 2.36. The molecule has 0 spiro atoms. The number of aryl methyl sites for hydroxylation is 4. The first kappa shape index (κ1) is 28.3. The Morgan fingerprint density at radius 2 is 1.98 bits per heavy atom. The molecule has 1 aliphatic heterocycles. The summed E-state index contributed by atoms with van der Waals surface area (Å²) in [6.07, 6.45) is 2.89. The van der Waals surface area contributed by atoms with Crippen molar-refractivity contribution in [3.05, 3.63) is 75.5 Å². The molecular formula is C31H35N5O5S. The van der Waals surface area contributed by atoms with Gasteiger partial charge in [0.05, 0.1) is 18.5 Å². The number of aliphatic carboxylic acids is 1. The van der Waals surface area contributed by atoms with Gasteiger partial charge in [-0.05, 0) is 91.1 Å². The number of carboxylic acids is 1. The van der Waals surface area contributed by atoms with Crippen LogP contribution in [0.3, 0.4) is 0 Å². The quantitative estimate of drug-likeness (QED) is 0.335. The van der Waals surface area contributed by atoms with Crippen LogP contribution < -0.4 is 4.74 Å². The molecule has 1 unspecified atom stereocenters. The number of benzene rings is 2. The molecule has 4 aromatic rings. The van der Waals surface area contributed by atoms with Gasteiger partial charge in [-0.2, -0.15) is 4.31 Å². The second-order valence-electron chi connectivity index (χ2n) is 11.4. The molecule has 220 valence electrons. The minimum atomic E-state index is -3.89. The molecule has 10 nitrogen and oxygen atoms in total. The number of carboxylic acid groups (broad SMARTS) is 1. The minimum Gasteiger partial charge on any atom is -0.481 e. The number of sulfonamides is 1. The molecule has 2 aliphatic rings. The molecule has 0 saturated carbocycles. The van der Waals surface area contributed by atoms with Gasteiger partial charge in [-0.1, -0.05) is 30.3 Å². The summed E-state index contributed by atoms with van der Waals surface area (Å²) in [5.41, 5.74) is 8.19. The molecule has 42 heavy (non-hydrogen) atoms. The van der Waals surface area contributed by atoms with E-state index in [4.69, 9.17) is 4.74 Å². The molecule has 2 aromatic carbocycles. The second-order valence-corrected chi connectivity index (χ2v) is 13.3. The number of hydrogen-bond acceptors (Lipinski definition) is 7. The van der Waals surface area contributed by atoms with E-state index in [1.165, 1.54) is 4.31 Å². The second kappa shape index (κ2) is 10.8. The highest BCUT2D eigenvalue weighted by atomic mass is 32.2. The fourth-order valence-electron chi connectivity index (χ4n) is 6.39. The van der Waals surface area contributed by atoms with Crippen LogP contribution in [-0.2, 0) is 41.3 Å². The summed E-state index contributed by atoms with van der Waals surface area (Å²) < 4.78 is 37.2. The topological polar surface area (TPSA) is 128 Å². The molecule has 11 heteroatoms. The van der Waals surface area contributed by atoms with Gasteiger partial charge in [0, 0.05) is 25.2 Å². The number of nitrogens with zero attached hydrogens (tertiary/aromatic N) is 5. The van der Waals surface area contributed by atoms with E-state index in [0.29, 0.717) is 12.1 Å². The van der Waals surface area contributed by atoms with E-state index in [9.17, 15) is 18.3 Å². The highest BCUT2D eigenvalue weighted by molar-refractivity contribution is 7.89. The standard InChI is InChI=1S/C31H35N5O5S/c1-5-23-17-36(42(39,40)28-12-9-18(2)32-31(28)41-23)16-22-14-21(13-20-7-6-8-25(20)22)26(15-29(37)38)24-10-11-27-30(19(24)3)33-34-35(27)4/h9-14,23,26H,5-8,15-17H2,1-4H3,(H,37,38)/t23-,26?/m1/s1. The Labute approximate surface area is 245 Å². The summed E-state index contributed by atoms with van der Waals surface area (Å²) in [5, 5.41) is 18.4. The molecule has 0 bridgehead atoms. The van der Waals surface area contributed by atoms with Crippen LogP contribution in [-0.4, -0.2) is 56.4 Å². The predicted octanol–water partition coefficient (Wildman–Crippen LogP) is 4.44. The molecule has 2 aromatic heterocycles. The molecule has 0 radical (unpaired) electrons. The Balaban J connectivity index is 1.45. The Hall–Kier alpha value is -3.83. The lowest BCUT2D eigenvalue weighted by Gasteiger charge is -2.25. The van der Waals surface area contributed by atoms with E-state index >= 15 is 0 Å². The lowest BCUT2D eigenvalue weighted by atomic mass is 9.83. The third-order valence-corrected chi connectivity index (χ3v) is 10.5. The Kier molecular flexibility index (Phi) is 7.26. The van der Waals surface area contributed by atoms with E-state index in [2.05, 4.69) is 21.4 Å². The van der Waals surface area contributed by atoms with Crippen LogP contribution in [0.15, 0.2) is 41.3 Å². The van der Waals surface area contributed by atoms with Gasteiger partial charge in [-0.15, -0.1) is 5.10 Å². The molecule has 2 atom stereocenters. The summed E-state index contributed by atoms with van der Waals surface area (Å²) in [7, 11) is -2.06. The molecule has 1 N–H and O–H groups in total. The lowest BCUT2D eigenvalue weighted by Crippen LogP contribution is -2.36. The van der Waals surface area contributed by atoms with E-state index in [1.54, 1.807) is 16.8 Å². The van der Waals surface area contributed by atoms with Crippen molar-refractivity contribution in [1.82, 2.24) is 24.3 Å². The van der Waals surface area contributed by atoms with Gasteiger partial charge in [-0.25, -0.2) is 18.1 Å². The fourth-order valence-corrected chi connectivity index (χ4v) is 7.89. The van der Waals surface area contributed by atoms with Crippen molar-refractivity contribution in [2.24, 2.45) is 7.05 Å². The summed E-state index contributed by atoms with van der Waals surface area (Å²) in [6, 6.07) is 11.3. The average Bonchev–Trinajstić information content (AvgIpc) is 3.55. The van der Waals surface area contributed by atoms with Crippen molar-refractivity contribution in [1.29, 1.82) is 0 Å². The zero-order valence-electron chi connectivity index (χ0n) is 24.3. The van der Waals surface area contributed by atoms with Crippen LogP contribution in [0.2, 0.25) is 0 Å². The van der Waals surface area contributed by atoms with Crippen molar-refractivity contribution in [2.75, 3.05) is 6.54 Å². The SMILES string of the molecule is CC[C@@H]1CN(Cc2cc(C(CC(=O)O)c3ccc4c(nnn4C)c3C)cc3c2CCC3)S(=O)(=O)c2ccc(C)nc2O1. The summed E-state index contributed by atoms with van der Waals surface area (Å²) >= 11 is 0. The average molecular weight is 590 g/mol. The van der Waals surface area contributed by atoms with Crippen LogP contribution in [0.4, 0.5) is 0 Å². The van der Waals surface area contributed by atoms with Crippen LogP contribution in [0.5, 0.6) is 5.88 Å². The van der Waals surface area contributed by atoms with Crippen molar-refractivity contribution < 1.29 is 23.1 Å². The van der Waals surface area contributed by atoms with Gasteiger partial charge in [0.25, 0.3) is 0 Å². The van der Waals surface area contributed by atoms with Gasteiger partial charge in [0.15, 0.2) is 0 Å². The first-order valence-corrected chi connectivity index (χ1v) is 15.8. The van der Waals surface area contributed by atoms with Gasteiger partial charge in [0.1, 0.15) is 16.5 Å². The zero-order chi connectivity index (χ0) is 29.8. The minimum absolute atomic E-state index is 0.0773. The van der Waals surface area contributed by atoms with Gasteiger partial charge < -0.3 is 9.84 Å². The van der Waals surface area contributed by atoms with Crippen molar-refractivity contribution in [3.8, 4) is 5.88 Å². The van der Waals surface area contributed by atoms with Gasteiger partial charge >= 0.3 is 5.97 Å². The third-order valence-electron chi connectivity index (χ3n) is 8.64. The molecule has 0 fully saturated rings. The predicted molar refractivity (Wildman–Crippen MR) is 157 cm³/mol. The molecule has 3 heterocycles. The smallest absolute Gasteiger partial charge is 0.304 e. The fraction of sp³-hybridized carbons (Fsp3) is 0.419. The van der Waals surface area contributed by atoms with Crippen LogP contribution >= 0.6 is 0 Å². The maximum Gasteiger partial charge on any atom is 0.304 e. The summed E-state index contributed by atoms with van der Waals surface area (Å²) in [4.78, 5) is 16.6. The van der Waals surface area contributed by atoms with Crippen molar-refractivity contribution >= 4 is 27.0 Å². The zero-order valence-corrected chi connectivity index (χ0v) is 25.1. The van der Waals surface area contributed by atoms with E-state index in [1.807, 2.05) is 46.0 Å². The lowest BCUT2D eigenvalue weighted by molar-refractivity contribution is -0.137. The highest BCUT2D eigenvalue weighted by Crippen LogP contribution is 2.39. The normalized spacial score (nSPS) is 18.7. The molecular weight excluding hydrogens is 554 g/mol. The first-order chi connectivity index (χ1) is 20.1. The number of rotatable bonds is 7. The van der Waals surface area contributed by atoms with Crippen molar-refractivity contribution in [3.63, 3.8) is 0 Å². The van der Waals surface area contributed by atoms with E-state index in [-0.39, 0.29) is 36.4 Å². The van der Waals surface area contributed by atoms with E-state index < -0.39 is 21.9 Å². The number of hydrogen-bond donors (Lipinski definition) is 1. The van der Waals surface area contributed by atoms with Crippen molar-refractivity contribution in [2.45, 2.75) is 76.3 Å². The maximum atomic E-state index is 14.0. The molecule has 6 rings (SSSR count). The first-order valence-electron chi connectivity index (χ1n) is 14.4. The Morgan fingerprint density at radius 3 is 2.74 bits per heavy atom. The maximum absolute atomic E-state index is 14.0. The number of fused-ring (bicyclic) bond motifs is 3. The Morgan fingerprint density at radius 1 is 1.17 bits per heavy atom. The van der Waals surface area contributed by atoms with Gasteiger partial charge in [0.2, 0.25) is 15.9 Å². The number of pyridine rings is 1. The van der Waals surface area contributed by atoms with Crippen LogP contribution in [0.1, 0.15) is 71.2 Å². The van der Waals surface area contributed by atoms with E-state index in [0.717, 1.165) is 63.7 Å². The number of ether oxygens (including phenoxy) is 1. The third kappa shape index (κ3) is 4.94. The molecule has 0 amide bonds. The number of carbonyl (C=O) groups is 1. The monoisotopic (exact) mass is 589 g/mol.